The molecule has 0 amide bonds. The van der Waals surface area contributed by atoms with Crippen molar-refractivity contribution in [1.29, 1.82) is 0 Å². The monoisotopic (exact) mass is 319 g/mol. The average Bonchev–Trinajstić information content (AvgIpc) is 2.85. The molecule has 0 aliphatic carbocycles. The first-order chi connectivity index (χ1) is 10.5. The molecule has 1 aromatic carbocycles. The lowest BCUT2D eigenvalue weighted by Gasteiger charge is -2.13. The molecule has 0 aliphatic heterocycles. The number of benzene rings is 1. The minimum absolute atomic E-state index is 0.376. The van der Waals surface area contributed by atoms with Crippen LogP contribution in [0.3, 0.4) is 0 Å². The van der Waals surface area contributed by atoms with E-state index in [-0.39, 0.29) is 5.82 Å². The first-order valence-corrected chi connectivity index (χ1v) is 6.87. The van der Waals surface area contributed by atoms with Crippen molar-refractivity contribution in [2.24, 2.45) is 0 Å². The van der Waals surface area contributed by atoms with Gasteiger partial charge in [-0.1, -0.05) is 11.6 Å². The third-order valence-electron chi connectivity index (χ3n) is 3.34. The number of halogens is 2. The second-order valence-corrected chi connectivity index (χ2v) is 5.26. The van der Waals surface area contributed by atoms with Gasteiger partial charge in [-0.2, -0.15) is 0 Å². The Morgan fingerprint density at radius 2 is 2.05 bits per heavy atom. The van der Waals surface area contributed by atoms with Crippen molar-refractivity contribution in [2.75, 3.05) is 0 Å². The minimum atomic E-state index is -1.01. The topological polar surface area (TPSA) is 68.0 Å². The lowest BCUT2D eigenvalue weighted by atomic mass is 10.2. The van der Waals surface area contributed by atoms with E-state index in [1.54, 1.807) is 18.2 Å². The number of carboxylic acid groups (broad SMARTS) is 1. The van der Waals surface area contributed by atoms with Crippen molar-refractivity contribution in [3.63, 3.8) is 0 Å². The summed E-state index contributed by atoms with van der Waals surface area (Å²) in [6.45, 7) is 1.53. The zero-order valence-electron chi connectivity index (χ0n) is 11.5. The quantitative estimate of drug-likeness (QED) is 0.801. The summed E-state index contributed by atoms with van der Waals surface area (Å²) in [7, 11) is 0. The van der Waals surface area contributed by atoms with Crippen LogP contribution in [0.5, 0.6) is 0 Å². The highest BCUT2D eigenvalue weighted by Gasteiger charge is 2.22. The lowest BCUT2D eigenvalue weighted by Crippen LogP contribution is -2.17. The molecule has 112 valence electrons. The van der Waals surface area contributed by atoms with Gasteiger partial charge < -0.3 is 5.11 Å². The number of carbonyl (C=O) groups is 1. The van der Waals surface area contributed by atoms with Crippen molar-refractivity contribution in [3.8, 4) is 11.4 Å². The largest absolute Gasteiger partial charge is 0.480 e. The molecular weight excluding hydrogens is 309 g/mol. The molecule has 1 unspecified atom stereocenters. The van der Waals surface area contributed by atoms with Crippen LogP contribution < -0.4 is 0 Å². The Balaban J connectivity index is 2.30. The van der Waals surface area contributed by atoms with Gasteiger partial charge in [0.05, 0.1) is 5.02 Å². The Labute approximate surface area is 130 Å². The molecule has 2 heterocycles. The summed E-state index contributed by atoms with van der Waals surface area (Å²) in [4.78, 5) is 20.0. The number of aliphatic carboxylic acids is 1. The van der Waals surface area contributed by atoms with Crippen molar-refractivity contribution < 1.29 is 14.3 Å². The fourth-order valence-corrected chi connectivity index (χ4v) is 2.39. The number of rotatable bonds is 3. The van der Waals surface area contributed by atoms with Crippen LogP contribution in [0.25, 0.3) is 22.6 Å². The maximum Gasteiger partial charge on any atom is 0.326 e. The second kappa shape index (κ2) is 5.38. The summed E-state index contributed by atoms with van der Waals surface area (Å²) in [5.41, 5.74) is 1.50. The fraction of sp³-hybridized carbons (Fsp3) is 0.133. The second-order valence-electron chi connectivity index (χ2n) is 4.82. The van der Waals surface area contributed by atoms with Crippen LogP contribution in [-0.4, -0.2) is 25.6 Å². The standard InChI is InChI=1S/C15H11ClFN3O2/c1-8(15(21)22)20-13(9-2-4-11(17)5-3-9)19-12-6-10(16)7-18-14(12)20/h2-8H,1H3,(H,21,22). The molecule has 0 bridgehead atoms. The molecule has 1 N–H and O–H groups in total. The highest BCUT2D eigenvalue weighted by atomic mass is 35.5. The van der Waals surface area contributed by atoms with Crippen molar-refractivity contribution in [2.45, 2.75) is 13.0 Å². The minimum Gasteiger partial charge on any atom is -0.480 e. The number of hydrogen-bond donors (Lipinski definition) is 1. The number of imidazole rings is 1. The Morgan fingerprint density at radius 3 is 2.68 bits per heavy atom. The summed E-state index contributed by atoms with van der Waals surface area (Å²) in [5.74, 6) is -0.988. The average molecular weight is 320 g/mol. The number of hydrogen-bond acceptors (Lipinski definition) is 3. The van der Waals surface area contributed by atoms with Crippen LogP contribution in [-0.2, 0) is 4.79 Å². The molecule has 22 heavy (non-hydrogen) atoms. The molecule has 7 heteroatoms. The Hall–Kier alpha value is -2.47. The van der Waals surface area contributed by atoms with E-state index in [4.69, 9.17) is 11.6 Å². The first-order valence-electron chi connectivity index (χ1n) is 6.49. The van der Waals surface area contributed by atoms with E-state index in [0.717, 1.165) is 0 Å². The summed E-state index contributed by atoms with van der Waals surface area (Å²) < 4.78 is 14.6. The number of aromatic nitrogens is 3. The zero-order chi connectivity index (χ0) is 15.9. The van der Waals surface area contributed by atoms with Crippen LogP contribution in [0.1, 0.15) is 13.0 Å². The molecule has 3 rings (SSSR count). The zero-order valence-corrected chi connectivity index (χ0v) is 12.3. The molecule has 0 spiro atoms. The van der Waals surface area contributed by atoms with Crippen LogP contribution in [0, 0.1) is 5.82 Å². The SMILES string of the molecule is CC(C(=O)O)n1c(-c2ccc(F)cc2)nc2cc(Cl)cnc21. The van der Waals surface area contributed by atoms with Crippen LogP contribution >= 0.6 is 11.6 Å². The van der Waals surface area contributed by atoms with E-state index in [9.17, 15) is 14.3 Å². The molecule has 5 nitrogen and oxygen atoms in total. The van der Waals surface area contributed by atoms with Gasteiger partial charge in [-0.15, -0.1) is 0 Å². The van der Waals surface area contributed by atoms with Gasteiger partial charge in [-0.25, -0.2) is 19.2 Å². The highest BCUT2D eigenvalue weighted by molar-refractivity contribution is 6.31. The Kier molecular flexibility index (Phi) is 3.54. The third kappa shape index (κ3) is 2.42. The molecular formula is C15H11ClFN3O2. The Bertz CT molecular complexity index is 861. The molecule has 0 fully saturated rings. The van der Waals surface area contributed by atoms with E-state index in [1.807, 2.05) is 0 Å². The molecule has 0 radical (unpaired) electrons. The molecule has 2 aromatic heterocycles. The van der Waals surface area contributed by atoms with Crippen LogP contribution in [0.4, 0.5) is 4.39 Å². The van der Waals surface area contributed by atoms with E-state index in [0.29, 0.717) is 27.6 Å². The van der Waals surface area contributed by atoms with Gasteiger partial charge in [0.1, 0.15) is 23.2 Å². The molecule has 0 saturated heterocycles. The van der Waals surface area contributed by atoms with Gasteiger partial charge >= 0.3 is 5.97 Å². The van der Waals surface area contributed by atoms with Gasteiger partial charge in [-0.05, 0) is 37.3 Å². The number of nitrogens with zero attached hydrogens (tertiary/aromatic N) is 3. The smallest absolute Gasteiger partial charge is 0.326 e. The van der Waals surface area contributed by atoms with Crippen molar-refractivity contribution in [1.82, 2.24) is 14.5 Å². The van der Waals surface area contributed by atoms with E-state index in [2.05, 4.69) is 9.97 Å². The molecule has 1 atom stereocenters. The van der Waals surface area contributed by atoms with E-state index < -0.39 is 12.0 Å². The normalized spacial score (nSPS) is 12.5. The maximum atomic E-state index is 13.1. The molecule has 0 saturated carbocycles. The van der Waals surface area contributed by atoms with E-state index >= 15 is 0 Å². The van der Waals surface area contributed by atoms with Gasteiger partial charge in [0.2, 0.25) is 0 Å². The maximum absolute atomic E-state index is 13.1. The summed E-state index contributed by atoms with van der Waals surface area (Å²) >= 11 is 5.91. The van der Waals surface area contributed by atoms with Crippen molar-refractivity contribution in [3.05, 3.63) is 47.4 Å². The number of pyridine rings is 1. The summed E-state index contributed by atoms with van der Waals surface area (Å²) in [6.07, 6.45) is 1.44. The van der Waals surface area contributed by atoms with Crippen molar-refractivity contribution >= 4 is 28.7 Å². The van der Waals surface area contributed by atoms with E-state index in [1.165, 1.54) is 29.8 Å². The van der Waals surface area contributed by atoms with Gasteiger partial charge in [-0.3, -0.25) is 4.57 Å². The third-order valence-corrected chi connectivity index (χ3v) is 3.55. The number of carboxylic acids is 1. The molecule has 3 aromatic rings. The number of fused-ring (bicyclic) bond motifs is 1. The first kappa shape index (κ1) is 14.5. The predicted molar refractivity (Wildman–Crippen MR) is 80.3 cm³/mol. The van der Waals surface area contributed by atoms with Gasteiger partial charge in [0.15, 0.2) is 5.65 Å². The summed E-state index contributed by atoms with van der Waals surface area (Å²) in [6, 6.07) is 6.42. The predicted octanol–water partition coefficient (Wildman–Crippen LogP) is 3.54. The Morgan fingerprint density at radius 1 is 1.36 bits per heavy atom. The fourth-order valence-electron chi connectivity index (χ4n) is 2.24. The summed E-state index contributed by atoms with van der Waals surface area (Å²) in [5, 5.41) is 9.73. The van der Waals surface area contributed by atoms with Crippen LogP contribution in [0.15, 0.2) is 36.5 Å². The van der Waals surface area contributed by atoms with Gasteiger partial charge in [0, 0.05) is 11.8 Å². The highest BCUT2D eigenvalue weighted by Crippen LogP contribution is 2.28. The molecule has 0 aliphatic rings. The van der Waals surface area contributed by atoms with Crippen LogP contribution in [0.2, 0.25) is 5.02 Å². The lowest BCUT2D eigenvalue weighted by molar-refractivity contribution is -0.140. The van der Waals surface area contributed by atoms with Gasteiger partial charge in [0.25, 0.3) is 0 Å².